The molecule has 1 N–H and O–H groups in total. The Hall–Kier alpha value is -2.74. The van der Waals surface area contributed by atoms with Crippen molar-refractivity contribution < 1.29 is 13.9 Å². The molecule has 2 aromatic heterocycles. The van der Waals surface area contributed by atoms with E-state index in [4.69, 9.17) is 9.15 Å². The molecule has 0 spiro atoms. The standard InChI is InChI=1S/C18H19N3O4S/c1-9(2)16-20-21-18(26-16)19-15(22)8-13-10(3)12-6-5-11(24-4)7-14(12)25-17(13)23/h5-7,9H,8H2,1-4H3,(H,19,21,22). The van der Waals surface area contributed by atoms with Crippen LogP contribution in [0.2, 0.25) is 0 Å². The number of anilines is 1. The summed E-state index contributed by atoms with van der Waals surface area (Å²) in [6.45, 7) is 5.81. The van der Waals surface area contributed by atoms with Gasteiger partial charge in [-0.05, 0) is 24.6 Å². The number of ether oxygens (including phenoxy) is 1. The SMILES string of the molecule is COc1ccc2c(C)c(CC(=O)Nc3nnc(C(C)C)s3)c(=O)oc2c1. The van der Waals surface area contributed by atoms with Crippen molar-refractivity contribution in [2.75, 3.05) is 12.4 Å². The van der Waals surface area contributed by atoms with E-state index < -0.39 is 5.63 Å². The average Bonchev–Trinajstić information content (AvgIpc) is 3.06. The van der Waals surface area contributed by atoms with Gasteiger partial charge in [0, 0.05) is 17.4 Å². The topological polar surface area (TPSA) is 94.3 Å². The smallest absolute Gasteiger partial charge is 0.340 e. The van der Waals surface area contributed by atoms with E-state index in [0.29, 0.717) is 27.6 Å². The van der Waals surface area contributed by atoms with Crippen LogP contribution in [0.1, 0.15) is 35.9 Å². The van der Waals surface area contributed by atoms with E-state index in [1.807, 2.05) is 19.9 Å². The molecule has 2 heterocycles. The molecular weight excluding hydrogens is 354 g/mol. The Morgan fingerprint density at radius 3 is 2.77 bits per heavy atom. The van der Waals surface area contributed by atoms with Crippen molar-refractivity contribution in [1.29, 1.82) is 0 Å². The number of hydrogen-bond acceptors (Lipinski definition) is 7. The van der Waals surface area contributed by atoms with Crippen molar-refractivity contribution in [2.45, 2.75) is 33.1 Å². The van der Waals surface area contributed by atoms with E-state index in [0.717, 1.165) is 10.4 Å². The molecular formula is C18H19N3O4S. The summed E-state index contributed by atoms with van der Waals surface area (Å²) < 4.78 is 10.5. The highest BCUT2D eigenvalue weighted by Crippen LogP contribution is 2.25. The first kappa shape index (κ1) is 18.1. The van der Waals surface area contributed by atoms with Gasteiger partial charge in [0.15, 0.2) is 0 Å². The van der Waals surface area contributed by atoms with Crippen LogP contribution in [0.4, 0.5) is 5.13 Å². The van der Waals surface area contributed by atoms with E-state index in [-0.39, 0.29) is 18.2 Å². The minimum absolute atomic E-state index is 0.0905. The monoisotopic (exact) mass is 373 g/mol. The molecule has 26 heavy (non-hydrogen) atoms. The van der Waals surface area contributed by atoms with Gasteiger partial charge in [0.2, 0.25) is 11.0 Å². The van der Waals surface area contributed by atoms with Gasteiger partial charge in [-0.15, -0.1) is 10.2 Å². The van der Waals surface area contributed by atoms with Gasteiger partial charge in [-0.1, -0.05) is 25.2 Å². The van der Waals surface area contributed by atoms with Gasteiger partial charge in [-0.2, -0.15) is 0 Å². The molecule has 0 fully saturated rings. The zero-order chi connectivity index (χ0) is 18.8. The fourth-order valence-corrected chi connectivity index (χ4v) is 3.31. The second-order valence-electron chi connectivity index (χ2n) is 6.18. The van der Waals surface area contributed by atoms with Crippen LogP contribution >= 0.6 is 11.3 Å². The molecule has 1 aromatic carbocycles. The summed E-state index contributed by atoms with van der Waals surface area (Å²) in [6, 6.07) is 5.25. The van der Waals surface area contributed by atoms with Crippen LogP contribution in [-0.4, -0.2) is 23.2 Å². The summed E-state index contributed by atoms with van der Waals surface area (Å²) in [7, 11) is 1.54. The normalized spacial score (nSPS) is 11.1. The first-order chi connectivity index (χ1) is 12.4. The maximum Gasteiger partial charge on any atom is 0.340 e. The summed E-state index contributed by atoms with van der Waals surface area (Å²) in [5, 5.41) is 12.7. The molecule has 0 bridgehead atoms. The Morgan fingerprint density at radius 2 is 2.12 bits per heavy atom. The van der Waals surface area contributed by atoms with E-state index in [1.165, 1.54) is 11.3 Å². The molecule has 1 amide bonds. The van der Waals surface area contributed by atoms with Crippen LogP contribution in [0.15, 0.2) is 27.4 Å². The Balaban J connectivity index is 1.85. The summed E-state index contributed by atoms with van der Waals surface area (Å²) in [5.41, 5.74) is 0.947. The molecule has 3 aromatic rings. The zero-order valence-electron chi connectivity index (χ0n) is 15.0. The number of carbonyl (C=O) groups is 1. The van der Waals surface area contributed by atoms with E-state index in [2.05, 4.69) is 15.5 Å². The predicted octanol–water partition coefficient (Wildman–Crippen LogP) is 3.27. The van der Waals surface area contributed by atoms with Crippen molar-refractivity contribution in [2.24, 2.45) is 0 Å². The highest BCUT2D eigenvalue weighted by Gasteiger charge is 2.17. The third kappa shape index (κ3) is 3.60. The first-order valence-corrected chi connectivity index (χ1v) is 8.94. The third-order valence-electron chi connectivity index (χ3n) is 4.01. The first-order valence-electron chi connectivity index (χ1n) is 8.12. The maximum atomic E-state index is 12.3. The Labute approximate surface area is 154 Å². The fourth-order valence-electron chi connectivity index (χ4n) is 2.55. The van der Waals surface area contributed by atoms with Gasteiger partial charge in [0.05, 0.1) is 19.1 Å². The lowest BCUT2D eigenvalue weighted by atomic mass is 10.0. The third-order valence-corrected chi connectivity index (χ3v) is 5.15. The van der Waals surface area contributed by atoms with Crippen molar-refractivity contribution in [3.63, 3.8) is 0 Å². The second-order valence-corrected chi connectivity index (χ2v) is 7.19. The molecule has 0 aliphatic rings. The minimum atomic E-state index is -0.529. The number of methoxy groups -OCH3 is 1. The molecule has 7 nitrogen and oxygen atoms in total. The zero-order valence-corrected chi connectivity index (χ0v) is 15.8. The largest absolute Gasteiger partial charge is 0.497 e. The fraction of sp³-hybridized carbons (Fsp3) is 0.333. The molecule has 136 valence electrons. The highest BCUT2D eigenvalue weighted by molar-refractivity contribution is 7.15. The predicted molar refractivity (Wildman–Crippen MR) is 100 cm³/mol. The molecule has 8 heteroatoms. The van der Waals surface area contributed by atoms with Gasteiger partial charge < -0.3 is 14.5 Å². The van der Waals surface area contributed by atoms with Crippen LogP contribution in [0.25, 0.3) is 11.0 Å². The lowest BCUT2D eigenvalue weighted by Gasteiger charge is -2.08. The number of rotatable bonds is 5. The Kier molecular flexibility index (Phi) is 5.03. The summed E-state index contributed by atoms with van der Waals surface area (Å²) >= 11 is 1.33. The van der Waals surface area contributed by atoms with Gasteiger partial charge >= 0.3 is 5.63 Å². The van der Waals surface area contributed by atoms with E-state index >= 15 is 0 Å². The number of benzene rings is 1. The number of aryl methyl sites for hydroxylation is 1. The van der Waals surface area contributed by atoms with Gasteiger partial charge in [-0.25, -0.2) is 4.79 Å². The number of nitrogens with zero attached hydrogens (tertiary/aromatic N) is 2. The summed E-state index contributed by atoms with van der Waals surface area (Å²) in [5.74, 6) is 0.507. The molecule has 0 saturated carbocycles. The summed E-state index contributed by atoms with van der Waals surface area (Å²) in [4.78, 5) is 24.7. The Morgan fingerprint density at radius 1 is 1.35 bits per heavy atom. The average molecular weight is 373 g/mol. The van der Waals surface area contributed by atoms with Crippen LogP contribution in [0, 0.1) is 6.92 Å². The quantitative estimate of drug-likeness (QED) is 0.690. The number of amides is 1. The van der Waals surface area contributed by atoms with Gasteiger partial charge in [0.25, 0.3) is 0 Å². The molecule has 0 aliphatic carbocycles. The van der Waals surface area contributed by atoms with Gasteiger partial charge in [-0.3, -0.25) is 4.79 Å². The van der Waals surface area contributed by atoms with Gasteiger partial charge in [0.1, 0.15) is 16.3 Å². The molecule has 0 aliphatic heterocycles. The number of carbonyl (C=O) groups excluding carboxylic acids is 1. The van der Waals surface area contributed by atoms with Crippen LogP contribution in [0.3, 0.4) is 0 Å². The lowest BCUT2D eigenvalue weighted by molar-refractivity contribution is -0.115. The molecule has 0 radical (unpaired) electrons. The van der Waals surface area contributed by atoms with Crippen LogP contribution < -0.4 is 15.7 Å². The molecule has 0 atom stereocenters. The molecule has 0 saturated heterocycles. The lowest BCUT2D eigenvalue weighted by Crippen LogP contribution is -2.20. The van der Waals surface area contributed by atoms with Crippen molar-refractivity contribution in [3.05, 3.63) is 44.8 Å². The second kappa shape index (κ2) is 7.25. The maximum absolute atomic E-state index is 12.3. The summed E-state index contributed by atoms with van der Waals surface area (Å²) in [6.07, 6.45) is -0.0905. The Bertz CT molecular complexity index is 1020. The van der Waals surface area contributed by atoms with E-state index in [9.17, 15) is 9.59 Å². The number of hydrogen-bond donors (Lipinski definition) is 1. The van der Waals surface area contributed by atoms with Crippen molar-refractivity contribution >= 4 is 33.3 Å². The number of fused-ring (bicyclic) bond motifs is 1. The van der Waals surface area contributed by atoms with Crippen LogP contribution in [0.5, 0.6) is 5.75 Å². The minimum Gasteiger partial charge on any atom is -0.497 e. The molecule has 3 rings (SSSR count). The van der Waals surface area contributed by atoms with E-state index in [1.54, 1.807) is 26.2 Å². The number of nitrogens with one attached hydrogen (secondary N) is 1. The van der Waals surface area contributed by atoms with Crippen molar-refractivity contribution in [3.8, 4) is 5.75 Å². The highest BCUT2D eigenvalue weighted by atomic mass is 32.1. The van der Waals surface area contributed by atoms with Crippen molar-refractivity contribution in [1.82, 2.24) is 10.2 Å². The van der Waals surface area contributed by atoms with Crippen LogP contribution in [-0.2, 0) is 11.2 Å². The molecule has 0 unspecified atom stereocenters. The number of aromatic nitrogens is 2.